The van der Waals surface area contributed by atoms with Gasteiger partial charge >= 0.3 is 12.1 Å². The topological polar surface area (TPSA) is 229 Å². The molecule has 2 amide bonds. The Bertz CT molecular complexity index is 1910. The Morgan fingerprint density at radius 1 is 1.02 bits per heavy atom. The summed E-state index contributed by atoms with van der Waals surface area (Å²) >= 11 is 0. The number of esters is 1. The van der Waals surface area contributed by atoms with Crippen LogP contribution in [0.3, 0.4) is 0 Å². The van der Waals surface area contributed by atoms with Gasteiger partial charge in [-0.2, -0.15) is 0 Å². The second-order valence-corrected chi connectivity index (χ2v) is 14.4. The van der Waals surface area contributed by atoms with Gasteiger partial charge in [-0.3, -0.25) is 24.6 Å². The first kappa shape index (κ1) is 36.9. The highest BCUT2D eigenvalue weighted by Gasteiger charge is 2.64. The highest BCUT2D eigenvalue weighted by atomic mass is 16.7. The first-order chi connectivity index (χ1) is 23.7. The Labute approximate surface area is 293 Å². The summed E-state index contributed by atoms with van der Waals surface area (Å²) in [5, 5.41) is 48.3. The summed E-state index contributed by atoms with van der Waals surface area (Å²) in [6.45, 7) is 5.34. The van der Waals surface area contributed by atoms with E-state index in [1.807, 2.05) is 20.8 Å². The number of nitrogens with one attached hydrogen (secondary N) is 1. The van der Waals surface area contributed by atoms with Crippen molar-refractivity contribution in [2.24, 2.45) is 17.6 Å². The van der Waals surface area contributed by atoms with Crippen molar-refractivity contribution in [3.8, 4) is 5.75 Å². The number of rotatable bonds is 7. The van der Waals surface area contributed by atoms with E-state index >= 15 is 0 Å². The van der Waals surface area contributed by atoms with Crippen molar-refractivity contribution in [1.29, 1.82) is 0 Å². The number of benzene rings is 2. The van der Waals surface area contributed by atoms with Gasteiger partial charge in [0.05, 0.1) is 22.9 Å². The molecular formula is C36H42N4O11. The van der Waals surface area contributed by atoms with Crippen LogP contribution in [0.2, 0.25) is 0 Å². The molecule has 15 heteroatoms. The number of likely N-dealkylation sites (N-methyl/N-ethyl adjacent to an activating group) is 1. The summed E-state index contributed by atoms with van der Waals surface area (Å²) in [5.74, 6) is -8.65. The number of phenolic OH excluding ortho intramolecular Hbond substituents is 1. The smallest absolute Gasteiger partial charge is 0.414 e. The normalized spacial score (nSPS) is 23.0. The minimum atomic E-state index is -2.80. The lowest BCUT2D eigenvalue weighted by Crippen LogP contribution is -2.65. The SMILES string of the molecule is CN(C)c1cc(NC(=O)OCOC(=O)c2ccc(C(C)(C)C)cc2)c(O)c2c1C[C@H]1C[C@H]3[C@H](N(C)C)C(=O)C(C(N)=O)=C(O)C3(O)C(=O)C1=C2O. The average Bonchev–Trinajstić information content (AvgIpc) is 3.03. The highest BCUT2D eigenvalue weighted by molar-refractivity contribution is 6.24. The number of Topliss-reactive ketones (excluding diaryl/α,β-unsaturated/α-hetero) is 2. The van der Waals surface area contributed by atoms with Crippen LogP contribution in [0.15, 0.2) is 47.2 Å². The van der Waals surface area contributed by atoms with Crippen LogP contribution in [0, 0.1) is 11.8 Å². The Hall–Kier alpha value is -5.41. The Kier molecular flexibility index (Phi) is 9.43. The number of hydrogen-bond acceptors (Lipinski definition) is 13. The van der Waals surface area contributed by atoms with Crippen LogP contribution in [0.5, 0.6) is 5.75 Å². The molecule has 0 heterocycles. The molecule has 0 bridgehead atoms. The van der Waals surface area contributed by atoms with Gasteiger partial charge in [0.25, 0.3) is 5.91 Å². The van der Waals surface area contributed by atoms with Crippen molar-refractivity contribution in [1.82, 2.24) is 4.90 Å². The summed E-state index contributed by atoms with van der Waals surface area (Å²) in [6.07, 6.45) is -1.15. The van der Waals surface area contributed by atoms with Crippen LogP contribution in [0.4, 0.5) is 16.2 Å². The molecule has 2 aromatic carbocycles. The standard InChI is InChI=1S/C36H42N4O11/c1-35(2,3)18-10-8-16(9-11-18)33(47)50-15-51-34(48)38-21-14-22(39(4)5)19-12-17-13-20-26(40(6)7)29(43)25(32(37)46)31(45)36(20,49)30(44)23(17)28(42)24(19)27(21)41/h8-11,14,17,20,26,41-42,45,49H,12-13,15H2,1-7H3,(H2,37,46)(H,38,48)/t17-,20-,26-,36?/m0/s1. The number of nitrogens with zero attached hydrogens (tertiary/aromatic N) is 2. The number of phenols is 1. The van der Waals surface area contributed by atoms with E-state index in [9.17, 15) is 44.4 Å². The van der Waals surface area contributed by atoms with E-state index in [0.29, 0.717) is 11.3 Å². The van der Waals surface area contributed by atoms with Crippen LogP contribution in [-0.4, -0.2) is 101 Å². The van der Waals surface area contributed by atoms with Crippen molar-refractivity contribution < 1.29 is 53.9 Å². The van der Waals surface area contributed by atoms with Gasteiger partial charge in [0.15, 0.2) is 17.1 Å². The molecule has 51 heavy (non-hydrogen) atoms. The van der Waals surface area contributed by atoms with Crippen LogP contribution < -0.4 is 16.0 Å². The third-order valence-electron chi connectivity index (χ3n) is 9.78. The van der Waals surface area contributed by atoms with Gasteiger partial charge in [0, 0.05) is 31.3 Å². The third-order valence-corrected chi connectivity index (χ3v) is 9.78. The lowest BCUT2D eigenvalue weighted by Gasteiger charge is -2.50. The zero-order valence-corrected chi connectivity index (χ0v) is 29.4. The molecule has 1 unspecified atom stereocenters. The molecule has 0 aliphatic heterocycles. The maximum Gasteiger partial charge on any atom is 0.414 e. The molecule has 3 aliphatic rings. The van der Waals surface area contributed by atoms with Gasteiger partial charge in [-0.05, 0) is 67.6 Å². The number of aliphatic hydroxyl groups is 3. The van der Waals surface area contributed by atoms with E-state index in [4.69, 9.17) is 15.2 Å². The number of amides is 2. The van der Waals surface area contributed by atoms with E-state index < -0.39 is 82.6 Å². The van der Waals surface area contributed by atoms with Crippen molar-refractivity contribution in [3.05, 3.63) is 69.5 Å². The van der Waals surface area contributed by atoms with Crippen LogP contribution in [0.1, 0.15) is 54.2 Å². The molecule has 0 aromatic heterocycles. The number of aromatic hydroxyl groups is 1. The molecule has 7 N–H and O–H groups in total. The quantitative estimate of drug-likeness (QED) is 0.105. The summed E-state index contributed by atoms with van der Waals surface area (Å²) in [5.41, 5.74) is 2.85. The monoisotopic (exact) mass is 706 g/mol. The lowest BCUT2D eigenvalue weighted by molar-refractivity contribution is -0.153. The predicted octanol–water partition coefficient (Wildman–Crippen LogP) is 2.69. The lowest BCUT2D eigenvalue weighted by atomic mass is 9.57. The predicted molar refractivity (Wildman–Crippen MR) is 184 cm³/mol. The molecule has 2 aromatic rings. The van der Waals surface area contributed by atoms with Gasteiger partial charge in [-0.15, -0.1) is 0 Å². The third kappa shape index (κ3) is 6.16. The molecule has 5 rings (SSSR count). The van der Waals surface area contributed by atoms with E-state index in [1.165, 1.54) is 25.1 Å². The van der Waals surface area contributed by atoms with Gasteiger partial charge < -0.3 is 40.5 Å². The first-order valence-electron chi connectivity index (χ1n) is 16.1. The molecule has 4 atom stereocenters. The summed E-state index contributed by atoms with van der Waals surface area (Å²) in [6, 6.07) is 7.01. The minimum Gasteiger partial charge on any atom is -0.508 e. The molecule has 272 valence electrons. The van der Waals surface area contributed by atoms with Crippen molar-refractivity contribution >= 4 is 46.7 Å². The van der Waals surface area contributed by atoms with E-state index in [0.717, 1.165) is 5.56 Å². The van der Waals surface area contributed by atoms with Crippen LogP contribution in [0.25, 0.3) is 5.76 Å². The van der Waals surface area contributed by atoms with Gasteiger partial charge in [-0.1, -0.05) is 32.9 Å². The molecule has 1 fully saturated rings. The molecule has 3 aliphatic carbocycles. The van der Waals surface area contributed by atoms with Crippen LogP contribution in [-0.2, 0) is 35.7 Å². The zero-order chi connectivity index (χ0) is 37.9. The van der Waals surface area contributed by atoms with Crippen LogP contribution >= 0.6 is 0 Å². The second kappa shape index (κ2) is 13.0. The number of anilines is 2. The van der Waals surface area contributed by atoms with Gasteiger partial charge in [-0.25, -0.2) is 9.59 Å². The summed E-state index contributed by atoms with van der Waals surface area (Å²) in [4.78, 5) is 68.0. The fourth-order valence-electron chi connectivity index (χ4n) is 7.26. The fourth-order valence-corrected chi connectivity index (χ4v) is 7.26. The number of primary amides is 1. The molecule has 0 spiro atoms. The first-order valence-corrected chi connectivity index (χ1v) is 16.1. The number of carbonyl (C=O) groups excluding carboxylic acids is 5. The number of fused-ring (bicyclic) bond motifs is 3. The number of nitrogens with two attached hydrogens (primary N) is 1. The average molecular weight is 707 g/mol. The van der Waals surface area contributed by atoms with Gasteiger partial charge in [0.2, 0.25) is 12.6 Å². The number of carbonyl (C=O) groups is 5. The Morgan fingerprint density at radius 2 is 1.65 bits per heavy atom. The second-order valence-electron chi connectivity index (χ2n) is 14.4. The fraction of sp³-hybridized carbons (Fsp3) is 0.417. The van der Waals surface area contributed by atoms with Crippen molar-refractivity contribution in [2.45, 2.75) is 50.7 Å². The minimum absolute atomic E-state index is 0.0486. The number of ketones is 2. The van der Waals surface area contributed by atoms with Crippen molar-refractivity contribution in [3.63, 3.8) is 0 Å². The van der Waals surface area contributed by atoms with Gasteiger partial charge in [0.1, 0.15) is 17.1 Å². The van der Waals surface area contributed by atoms with E-state index in [1.54, 1.807) is 43.3 Å². The summed E-state index contributed by atoms with van der Waals surface area (Å²) < 4.78 is 10.1. The Morgan fingerprint density at radius 3 is 2.20 bits per heavy atom. The number of ether oxygens (including phenoxy) is 2. The molecule has 0 radical (unpaired) electrons. The Balaban J connectivity index is 1.44. The molecular weight excluding hydrogens is 664 g/mol. The molecule has 0 saturated heterocycles. The zero-order valence-electron chi connectivity index (χ0n) is 29.4. The number of aliphatic hydroxyl groups excluding tert-OH is 2. The van der Waals surface area contributed by atoms with E-state index in [-0.39, 0.29) is 40.6 Å². The largest absolute Gasteiger partial charge is 0.508 e. The molecule has 1 saturated carbocycles. The van der Waals surface area contributed by atoms with Crippen molar-refractivity contribution in [2.75, 3.05) is 45.2 Å². The maximum absolute atomic E-state index is 14.2. The maximum atomic E-state index is 14.2. The number of hydrogen-bond donors (Lipinski definition) is 6. The summed E-state index contributed by atoms with van der Waals surface area (Å²) in [7, 11) is 6.40. The molecule has 15 nitrogen and oxygen atoms in total. The highest BCUT2D eigenvalue weighted by Crippen LogP contribution is 2.54. The van der Waals surface area contributed by atoms with E-state index in [2.05, 4.69) is 5.32 Å².